The Bertz CT molecular complexity index is 490. The number of ether oxygens (including phenoxy) is 2. The number of carbonyl (C=O) groups is 1. The van der Waals surface area contributed by atoms with E-state index in [0.717, 1.165) is 0 Å². The Labute approximate surface area is 117 Å². The Morgan fingerprint density at radius 3 is 2.75 bits per heavy atom. The van der Waals surface area contributed by atoms with Gasteiger partial charge in [-0.05, 0) is 20.0 Å². The van der Waals surface area contributed by atoms with Crippen LogP contribution in [0.4, 0.5) is 5.69 Å². The average molecular weight is 282 g/mol. The quantitative estimate of drug-likeness (QED) is 0.462. The molecule has 1 rings (SSSR count). The van der Waals surface area contributed by atoms with Crippen LogP contribution in [0.1, 0.15) is 12.0 Å². The van der Waals surface area contributed by atoms with Crippen LogP contribution < -0.4 is 10.1 Å². The van der Waals surface area contributed by atoms with Crippen molar-refractivity contribution in [1.82, 2.24) is 5.32 Å². The van der Waals surface area contributed by atoms with Crippen molar-refractivity contribution in [2.45, 2.75) is 19.4 Å². The number of rotatable bonds is 7. The van der Waals surface area contributed by atoms with Crippen molar-refractivity contribution in [3.05, 3.63) is 33.9 Å². The molecule has 0 radical (unpaired) electrons. The van der Waals surface area contributed by atoms with Gasteiger partial charge in [-0.1, -0.05) is 6.07 Å². The first-order valence-corrected chi connectivity index (χ1v) is 6.13. The van der Waals surface area contributed by atoms with Crippen molar-refractivity contribution < 1.29 is 19.2 Å². The summed E-state index contributed by atoms with van der Waals surface area (Å²) >= 11 is 0. The summed E-state index contributed by atoms with van der Waals surface area (Å²) < 4.78 is 10.1. The second kappa shape index (κ2) is 7.44. The van der Waals surface area contributed by atoms with Crippen LogP contribution in [0.3, 0.4) is 0 Å². The lowest BCUT2D eigenvalue weighted by Crippen LogP contribution is -2.36. The molecule has 0 aliphatic rings. The number of methoxy groups -OCH3 is 1. The van der Waals surface area contributed by atoms with Crippen LogP contribution in [-0.4, -0.2) is 37.7 Å². The predicted octanol–water partition coefficient (Wildman–Crippen LogP) is 1.43. The first-order chi connectivity index (χ1) is 9.51. The van der Waals surface area contributed by atoms with Crippen molar-refractivity contribution in [3.8, 4) is 5.75 Å². The molecular weight excluding hydrogens is 264 g/mol. The molecule has 0 aromatic heterocycles. The number of nitro benzene ring substituents is 1. The van der Waals surface area contributed by atoms with Crippen molar-refractivity contribution in [2.24, 2.45) is 0 Å². The molecule has 7 nitrogen and oxygen atoms in total. The van der Waals surface area contributed by atoms with Gasteiger partial charge in [0.05, 0.1) is 24.2 Å². The van der Waals surface area contributed by atoms with Crippen LogP contribution in [0.5, 0.6) is 5.75 Å². The van der Waals surface area contributed by atoms with Gasteiger partial charge < -0.3 is 14.8 Å². The summed E-state index contributed by atoms with van der Waals surface area (Å²) in [5, 5.41) is 13.6. The Balaban J connectivity index is 2.64. The zero-order valence-corrected chi connectivity index (χ0v) is 11.7. The lowest BCUT2D eigenvalue weighted by atomic mass is 10.2. The molecule has 1 unspecified atom stereocenters. The first-order valence-electron chi connectivity index (χ1n) is 6.13. The van der Waals surface area contributed by atoms with Gasteiger partial charge in [-0.25, -0.2) is 0 Å². The summed E-state index contributed by atoms with van der Waals surface area (Å²) in [5.41, 5.74) is 0.484. The van der Waals surface area contributed by atoms with Crippen LogP contribution in [0.15, 0.2) is 18.2 Å². The van der Waals surface area contributed by atoms with E-state index in [0.29, 0.717) is 17.7 Å². The molecule has 7 heteroatoms. The summed E-state index contributed by atoms with van der Waals surface area (Å²) in [5.74, 6) is 0.0748. The highest BCUT2D eigenvalue weighted by Crippen LogP contribution is 2.27. The van der Waals surface area contributed by atoms with Crippen LogP contribution in [0.25, 0.3) is 0 Å². The molecule has 1 N–H and O–H groups in total. The number of nitrogens with one attached hydrogen (secondary N) is 1. The SMILES string of the molecule is CNC(CCOc1cccc([N+](=O)[O-])c1C)C(=O)OC. The maximum Gasteiger partial charge on any atom is 0.322 e. The van der Waals surface area contributed by atoms with E-state index in [1.54, 1.807) is 26.1 Å². The second-order valence-corrected chi connectivity index (χ2v) is 4.16. The number of hydrogen-bond donors (Lipinski definition) is 1. The van der Waals surface area contributed by atoms with Gasteiger partial charge in [0.1, 0.15) is 11.8 Å². The van der Waals surface area contributed by atoms with Gasteiger partial charge >= 0.3 is 5.97 Å². The molecule has 1 aromatic rings. The highest BCUT2D eigenvalue weighted by atomic mass is 16.6. The second-order valence-electron chi connectivity index (χ2n) is 4.16. The van der Waals surface area contributed by atoms with Gasteiger partial charge in [0, 0.05) is 12.5 Å². The van der Waals surface area contributed by atoms with E-state index in [2.05, 4.69) is 10.1 Å². The topological polar surface area (TPSA) is 90.7 Å². The van der Waals surface area contributed by atoms with Gasteiger partial charge in [-0.15, -0.1) is 0 Å². The van der Waals surface area contributed by atoms with Gasteiger partial charge in [0.2, 0.25) is 0 Å². The Hall–Kier alpha value is -2.15. The van der Waals surface area contributed by atoms with Crippen molar-refractivity contribution in [2.75, 3.05) is 20.8 Å². The number of carbonyl (C=O) groups excluding carboxylic acids is 1. The largest absolute Gasteiger partial charge is 0.493 e. The molecule has 1 aromatic carbocycles. The van der Waals surface area contributed by atoms with Gasteiger partial charge in [-0.3, -0.25) is 14.9 Å². The fourth-order valence-corrected chi connectivity index (χ4v) is 1.77. The minimum absolute atomic E-state index is 0.0145. The Kier molecular flexibility index (Phi) is 5.92. The third-order valence-electron chi connectivity index (χ3n) is 2.95. The van der Waals surface area contributed by atoms with Crippen LogP contribution in [0, 0.1) is 17.0 Å². The van der Waals surface area contributed by atoms with Crippen LogP contribution in [-0.2, 0) is 9.53 Å². The molecule has 0 amide bonds. The summed E-state index contributed by atoms with van der Waals surface area (Å²) in [4.78, 5) is 21.7. The third-order valence-corrected chi connectivity index (χ3v) is 2.95. The maximum absolute atomic E-state index is 11.4. The minimum Gasteiger partial charge on any atom is -0.493 e. The van der Waals surface area contributed by atoms with E-state index >= 15 is 0 Å². The highest BCUT2D eigenvalue weighted by molar-refractivity contribution is 5.75. The summed E-state index contributed by atoms with van der Waals surface area (Å²) in [7, 11) is 2.97. The van der Waals surface area contributed by atoms with Crippen LogP contribution in [0.2, 0.25) is 0 Å². The molecule has 1 atom stereocenters. The normalized spacial score (nSPS) is 11.8. The molecule has 0 heterocycles. The molecule has 0 aliphatic heterocycles. The molecule has 0 spiro atoms. The average Bonchev–Trinajstić information content (AvgIpc) is 2.44. The molecular formula is C13H18N2O5. The first kappa shape index (κ1) is 15.9. The van der Waals surface area contributed by atoms with E-state index < -0.39 is 11.0 Å². The predicted molar refractivity (Wildman–Crippen MR) is 72.8 cm³/mol. The molecule has 0 fully saturated rings. The molecule has 20 heavy (non-hydrogen) atoms. The smallest absolute Gasteiger partial charge is 0.322 e. The molecule has 0 bridgehead atoms. The van der Waals surface area contributed by atoms with E-state index in [1.807, 2.05) is 0 Å². The minimum atomic E-state index is -0.459. The number of nitro groups is 1. The van der Waals surface area contributed by atoms with E-state index in [4.69, 9.17) is 4.74 Å². The number of hydrogen-bond acceptors (Lipinski definition) is 6. The number of nitrogens with zero attached hydrogens (tertiary/aromatic N) is 1. The van der Waals surface area contributed by atoms with Crippen molar-refractivity contribution >= 4 is 11.7 Å². The lowest BCUT2D eigenvalue weighted by molar-refractivity contribution is -0.385. The molecule has 0 saturated heterocycles. The number of benzene rings is 1. The highest BCUT2D eigenvalue weighted by Gasteiger charge is 2.18. The lowest BCUT2D eigenvalue weighted by Gasteiger charge is -2.14. The number of likely N-dealkylation sites (N-methyl/N-ethyl adjacent to an activating group) is 1. The fraction of sp³-hybridized carbons (Fsp3) is 0.462. The van der Waals surface area contributed by atoms with Crippen molar-refractivity contribution in [3.63, 3.8) is 0 Å². The van der Waals surface area contributed by atoms with E-state index in [1.165, 1.54) is 13.2 Å². The summed E-state index contributed by atoms with van der Waals surface area (Å²) in [6.07, 6.45) is 0.408. The molecule has 0 aliphatic carbocycles. The Morgan fingerprint density at radius 1 is 1.50 bits per heavy atom. The zero-order chi connectivity index (χ0) is 15.1. The standard InChI is InChI=1S/C13H18N2O5/c1-9-11(15(17)18)5-4-6-12(9)20-8-7-10(14-2)13(16)19-3/h4-6,10,14H,7-8H2,1-3H3. The van der Waals surface area contributed by atoms with Crippen LogP contribution >= 0.6 is 0 Å². The van der Waals surface area contributed by atoms with Gasteiger partial charge in [-0.2, -0.15) is 0 Å². The monoisotopic (exact) mass is 282 g/mol. The van der Waals surface area contributed by atoms with Gasteiger partial charge in [0.25, 0.3) is 5.69 Å². The zero-order valence-electron chi connectivity index (χ0n) is 11.7. The van der Waals surface area contributed by atoms with E-state index in [9.17, 15) is 14.9 Å². The third kappa shape index (κ3) is 3.92. The fourth-order valence-electron chi connectivity index (χ4n) is 1.77. The van der Waals surface area contributed by atoms with Gasteiger partial charge in [0.15, 0.2) is 0 Å². The number of esters is 1. The molecule has 0 saturated carbocycles. The maximum atomic E-state index is 11.4. The Morgan fingerprint density at radius 2 is 2.20 bits per heavy atom. The van der Waals surface area contributed by atoms with Crippen molar-refractivity contribution in [1.29, 1.82) is 0 Å². The molecule has 110 valence electrons. The van der Waals surface area contributed by atoms with E-state index in [-0.39, 0.29) is 18.3 Å². The summed E-state index contributed by atoms with van der Waals surface area (Å²) in [6.45, 7) is 1.88. The summed E-state index contributed by atoms with van der Waals surface area (Å²) in [6, 6.07) is 4.19.